The first-order valence-corrected chi connectivity index (χ1v) is 7.18. The number of rotatable bonds is 3. The van der Waals surface area contributed by atoms with Crippen LogP contribution in [0.25, 0.3) is 6.20 Å². The van der Waals surface area contributed by atoms with Gasteiger partial charge in [0.15, 0.2) is 5.70 Å². The molecule has 0 amide bonds. The normalized spacial score (nSPS) is 13.4. The average molecular weight is 367 g/mol. The number of anilines is 1. The molecule has 1 aromatic heterocycles. The monoisotopic (exact) mass is 366 g/mol. The van der Waals surface area contributed by atoms with Crippen molar-refractivity contribution < 1.29 is 13.9 Å². The lowest BCUT2D eigenvalue weighted by molar-refractivity contribution is -0.137. The van der Waals surface area contributed by atoms with Crippen molar-refractivity contribution in [1.82, 2.24) is 14.6 Å². The van der Waals surface area contributed by atoms with Gasteiger partial charge in [0.05, 0.1) is 37.6 Å². The minimum absolute atomic E-state index is 0.256. The number of hydrogen-bond donors (Lipinski definition) is 1. The minimum Gasteiger partial charge on any atom is -0.464 e. The molecule has 0 spiro atoms. The third-order valence-electron chi connectivity index (χ3n) is 3.20. The molecule has 114 valence electrons. The summed E-state index contributed by atoms with van der Waals surface area (Å²) in [6.07, 6.45) is 4.86. The van der Waals surface area contributed by atoms with Gasteiger partial charge in [-0.1, -0.05) is 15.9 Å². The summed E-state index contributed by atoms with van der Waals surface area (Å²) in [7, 11) is 1.30. The van der Waals surface area contributed by atoms with Crippen LogP contribution in [0.3, 0.4) is 0 Å². The highest BCUT2D eigenvalue weighted by Gasteiger charge is 2.25. The highest BCUT2D eigenvalue weighted by atomic mass is 79.9. The Morgan fingerprint density at radius 2 is 2.32 bits per heavy atom. The van der Waals surface area contributed by atoms with Gasteiger partial charge in [0.1, 0.15) is 5.82 Å². The number of benzene rings is 1. The van der Waals surface area contributed by atoms with Crippen molar-refractivity contribution in [3.8, 4) is 0 Å². The number of hydrazine groups is 1. The van der Waals surface area contributed by atoms with Gasteiger partial charge in [-0.05, 0) is 18.2 Å². The van der Waals surface area contributed by atoms with E-state index in [1.165, 1.54) is 18.2 Å². The zero-order valence-electron chi connectivity index (χ0n) is 11.6. The molecule has 2 aromatic rings. The molecular weight excluding hydrogens is 355 g/mol. The number of ether oxygens (including phenoxy) is 1. The van der Waals surface area contributed by atoms with Gasteiger partial charge in [0.2, 0.25) is 0 Å². The quantitative estimate of drug-likeness (QED) is 0.846. The van der Waals surface area contributed by atoms with Crippen LogP contribution in [0.4, 0.5) is 10.1 Å². The standard InChI is InChI=1S/C14H12BrFN4O2/c1-22-14(21)13-7-19-8-17-5-10(19)6-20(13)18-12-3-2-9(15)4-11(12)16/h2-5,7-8,18H,6H2,1H3. The number of methoxy groups -OCH3 is 1. The van der Waals surface area contributed by atoms with E-state index in [1.807, 2.05) is 0 Å². The van der Waals surface area contributed by atoms with E-state index in [1.54, 1.807) is 35.4 Å². The van der Waals surface area contributed by atoms with Gasteiger partial charge in [-0.3, -0.25) is 10.4 Å². The fourth-order valence-electron chi connectivity index (χ4n) is 2.11. The summed E-state index contributed by atoms with van der Waals surface area (Å²) in [5.74, 6) is -0.956. The summed E-state index contributed by atoms with van der Waals surface area (Å²) in [6.45, 7) is 0.344. The van der Waals surface area contributed by atoms with E-state index < -0.39 is 11.8 Å². The molecule has 2 heterocycles. The van der Waals surface area contributed by atoms with Gasteiger partial charge >= 0.3 is 5.97 Å². The number of aromatic nitrogens is 2. The van der Waals surface area contributed by atoms with Crippen molar-refractivity contribution in [2.45, 2.75) is 6.54 Å². The number of nitrogens with one attached hydrogen (secondary N) is 1. The van der Waals surface area contributed by atoms with Gasteiger partial charge in [-0.25, -0.2) is 14.2 Å². The summed E-state index contributed by atoms with van der Waals surface area (Å²) >= 11 is 3.21. The summed E-state index contributed by atoms with van der Waals surface area (Å²) in [4.78, 5) is 16.0. The molecule has 0 aliphatic carbocycles. The highest BCUT2D eigenvalue weighted by Crippen LogP contribution is 2.24. The van der Waals surface area contributed by atoms with E-state index >= 15 is 0 Å². The predicted molar refractivity (Wildman–Crippen MR) is 81.8 cm³/mol. The van der Waals surface area contributed by atoms with Gasteiger partial charge in [-0.2, -0.15) is 0 Å². The molecule has 3 rings (SSSR count). The zero-order chi connectivity index (χ0) is 15.7. The van der Waals surface area contributed by atoms with Crippen LogP contribution in [0.5, 0.6) is 0 Å². The molecule has 0 radical (unpaired) electrons. The van der Waals surface area contributed by atoms with Gasteiger partial charge in [-0.15, -0.1) is 0 Å². The Hall–Kier alpha value is -2.35. The molecule has 0 bridgehead atoms. The predicted octanol–water partition coefficient (Wildman–Crippen LogP) is 2.60. The van der Waals surface area contributed by atoms with Crippen LogP contribution in [0.2, 0.25) is 0 Å². The third kappa shape index (κ3) is 2.69. The number of fused-ring (bicyclic) bond motifs is 1. The topological polar surface area (TPSA) is 59.4 Å². The molecule has 6 nitrogen and oxygen atoms in total. The summed E-state index contributed by atoms with van der Waals surface area (Å²) in [5, 5.41) is 1.52. The van der Waals surface area contributed by atoms with E-state index in [0.29, 0.717) is 11.0 Å². The van der Waals surface area contributed by atoms with Gasteiger partial charge in [0.25, 0.3) is 0 Å². The lowest BCUT2D eigenvalue weighted by atomic mass is 10.3. The van der Waals surface area contributed by atoms with E-state index in [0.717, 1.165) is 5.69 Å². The molecule has 0 unspecified atom stereocenters. The second kappa shape index (κ2) is 5.80. The number of nitrogens with zero attached hydrogens (tertiary/aromatic N) is 3. The van der Waals surface area contributed by atoms with Crippen molar-refractivity contribution in [2.24, 2.45) is 0 Å². The smallest absolute Gasteiger partial charge is 0.357 e. The first kappa shape index (κ1) is 14.6. The Labute approximate surface area is 134 Å². The van der Waals surface area contributed by atoms with Crippen LogP contribution in [0.15, 0.2) is 40.9 Å². The maximum atomic E-state index is 14.0. The average Bonchev–Trinajstić information content (AvgIpc) is 2.95. The molecule has 0 fully saturated rings. The van der Waals surface area contributed by atoms with E-state index in [4.69, 9.17) is 4.74 Å². The Morgan fingerprint density at radius 3 is 3.05 bits per heavy atom. The fraction of sp³-hybridized carbons (Fsp3) is 0.143. The molecule has 8 heteroatoms. The lowest BCUT2D eigenvalue weighted by Crippen LogP contribution is -2.36. The second-order valence-electron chi connectivity index (χ2n) is 4.62. The molecule has 0 saturated heterocycles. The first-order chi connectivity index (χ1) is 10.6. The van der Waals surface area contributed by atoms with Crippen molar-refractivity contribution in [1.29, 1.82) is 0 Å². The SMILES string of the molecule is COC(=O)C1=Cn2cncc2CN1Nc1ccc(Br)cc1F. The van der Waals surface area contributed by atoms with Crippen LogP contribution >= 0.6 is 15.9 Å². The maximum Gasteiger partial charge on any atom is 0.357 e. The summed E-state index contributed by atoms with van der Waals surface area (Å²) < 4.78 is 21.1. The summed E-state index contributed by atoms with van der Waals surface area (Å²) in [5.41, 5.74) is 4.27. The third-order valence-corrected chi connectivity index (χ3v) is 3.69. The number of carbonyl (C=O) groups excluding carboxylic acids is 1. The van der Waals surface area contributed by atoms with Crippen molar-refractivity contribution in [3.05, 3.63) is 52.4 Å². The fourth-order valence-corrected chi connectivity index (χ4v) is 2.45. The molecule has 1 aromatic carbocycles. The van der Waals surface area contributed by atoms with E-state index in [9.17, 15) is 9.18 Å². The number of carbonyl (C=O) groups is 1. The summed E-state index contributed by atoms with van der Waals surface area (Å²) in [6, 6.07) is 4.64. The first-order valence-electron chi connectivity index (χ1n) is 6.38. The maximum absolute atomic E-state index is 14.0. The van der Waals surface area contributed by atoms with Crippen molar-refractivity contribution >= 4 is 33.8 Å². The van der Waals surface area contributed by atoms with E-state index in [-0.39, 0.29) is 11.4 Å². The van der Waals surface area contributed by atoms with Crippen LogP contribution < -0.4 is 5.43 Å². The highest BCUT2D eigenvalue weighted by molar-refractivity contribution is 9.10. The molecule has 1 aliphatic rings. The molecule has 1 N–H and O–H groups in total. The van der Waals surface area contributed by atoms with Crippen LogP contribution in [-0.2, 0) is 16.1 Å². The van der Waals surface area contributed by atoms with Crippen LogP contribution in [-0.4, -0.2) is 27.6 Å². The number of esters is 1. The lowest BCUT2D eigenvalue weighted by Gasteiger charge is -2.30. The molecule has 1 aliphatic heterocycles. The Morgan fingerprint density at radius 1 is 1.50 bits per heavy atom. The van der Waals surface area contributed by atoms with Crippen LogP contribution in [0, 0.1) is 5.82 Å². The Balaban J connectivity index is 1.93. The molecule has 22 heavy (non-hydrogen) atoms. The second-order valence-corrected chi connectivity index (χ2v) is 5.54. The number of hydrogen-bond acceptors (Lipinski definition) is 5. The van der Waals surface area contributed by atoms with Crippen LogP contribution in [0.1, 0.15) is 5.69 Å². The van der Waals surface area contributed by atoms with Crippen molar-refractivity contribution in [3.63, 3.8) is 0 Å². The molecule has 0 atom stereocenters. The van der Waals surface area contributed by atoms with Gasteiger partial charge in [0, 0.05) is 10.7 Å². The minimum atomic E-state index is -0.524. The zero-order valence-corrected chi connectivity index (χ0v) is 13.2. The Kier molecular flexibility index (Phi) is 3.84. The number of halogens is 2. The Bertz CT molecular complexity index is 759. The largest absolute Gasteiger partial charge is 0.464 e. The van der Waals surface area contributed by atoms with Crippen molar-refractivity contribution in [2.75, 3.05) is 12.5 Å². The number of imidazole rings is 1. The molecule has 0 saturated carbocycles. The molecular formula is C14H12BrFN4O2. The van der Waals surface area contributed by atoms with E-state index in [2.05, 4.69) is 26.3 Å². The van der Waals surface area contributed by atoms with Gasteiger partial charge < -0.3 is 9.30 Å².